The summed E-state index contributed by atoms with van der Waals surface area (Å²) >= 11 is 1.80. The highest BCUT2D eigenvalue weighted by Crippen LogP contribution is 2.37. The van der Waals surface area contributed by atoms with E-state index < -0.39 is 10.0 Å². The van der Waals surface area contributed by atoms with Crippen LogP contribution in [0.15, 0.2) is 17.5 Å². The van der Waals surface area contributed by atoms with Crippen LogP contribution in [0.2, 0.25) is 0 Å². The standard InChI is InChI=1S/C15H24N2O3S2/c1-22(18,19)16-10-13-4-2-6-15(20-13)7-8-17(12-15)11-14-5-3-9-21-14/h3,5,9,13,16H,2,4,6-8,10-12H2,1H3/t13-,15-/m1/s1. The molecule has 3 rings (SSSR count). The summed E-state index contributed by atoms with van der Waals surface area (Å²) in [5.74, 6) is 0. The van der Waals surface area contributed by atoms with E-state index in [1.54, 1.807) is 11.3 Å². The van der Waals surface area contributed by atoms with Crippen molar-refractivity contribution in [2.45, 2.75) is 43.9 Å². The normalized spacial score (nSPS) is 30.1. The number of likely N-dealkylation sites (tertiary alicyclic amines) is 1. The first-order chi connectivity index (χ1) is 10.4. The van der Waals surface area contributed by atoms with E-state index in [2.05, 4.69) is 27.1 Å². The molecule has 2 atom stereocenters. The summed E-state index contributed by atoms with van der Waals surface area (Å²) < 4.78 is 31.4. The Morgan fingerprint density at radius 1 is 1.50 bits per heavy atom. The second-order valence-corrected chi connectivity index (χ2v) is 9.34. The third-order valence-electron chi connectivity index (χ3n) is 4.50. The fourth-order valence-electron chi connectivity index (χ4n) is 3.50. The fourth-order valence-corrected chi connectivity index (χ4v) is 4.73. The van der Waals surface area contributed by atoms with E-state index in [1.807, 2.05) is 0 Å². The lowest BCUT2D eigenvalue weighted by Gasteiger charge is -2.38. The van der Waals surface area contributed by atoms with Crippen molar-refractivity contribution in [3.63, 3.8) is 0 Å². The van der Waals surface area contributed by atoms with E-state index in [9.17, 15) is 8.42 Å². The van der Waals surface area contributed by atoms with Gasteiger partial charge in [-0.3, -0.25) is 4.90 Å². The minimum Gasteiger partial charge on any atom is -0.369 e. The Morgan fingerprint density at radius 2 is 2.36 bits per heavy atom. The molecule has 5 nitrogen and oxygen atoms in total. The molecule has 0 bridgehead atoms. The van der Waals surface area contributed by atoms with Crippen LogP contribution in [-0.2, 0) is 21.3 Å². The predicted molar refractivity (Wildman–Crippen MR) is 88.5 cm³/mol. The number of ether oxygens (including phenoxy) is 1. The molecule has 2 aliphatic heterocycles. The van der Waals surface area contributed by atoms with Gasteiger partial charge in [0.2, 0.25) is 10.0 Å². The number of thiophene rings is 1. The molecule has 1 aromatic rings. The highest BCUT2D eigenvalue weighted by molar-refractivity contribution is 7.88. The zero-order valence-electron chi connectivity index (χ0n) is 13.0. The summed E-state index contributed by atoms with van der Waals surface area (Å²) in [7, 11) is -3.14. The molecule has 0 aliphatic carbocycles. The highest BCUT2D eigenvalue weighted by atomic mass is 32.2. The average molecular weight is 345 g/mol. The van der Waals surface area contributed by atoms with Crippen LogP contribution in [0.3, 0.4) is 0 Å². The van der Waals surface area contributed by atoms with Gasteiger partial charge in [-0.2, -0.15) is 0 Å². The first-order valence-corrected chi connectivity index (χ1v) is 10.6. The molecule has 2 fully saturated rings. The number of sulfonamides is 1. The van der Waals surface area contributed by atoms with E-state index in [4.69, 9.17) is 4.74 Å². The lowest BCUT2D eigenvalue weighted by atomic mass is 9.90. The molecule has 0 amide bonds. The van der Waals surface area contributed by atoms with Crippen LogP contribution < -0.4 is 4.72 Å². The van der Waals surface area contributed by atoms with Crippen molar-refractivity contribution in [2.24, 2.45) is 0 Å². The second kappa shape index (κ2) is 6.57. The zero-order valence-corrected chi connectivity index (χ0v) is 14.6. The second-order valence-electron chi connectivity index (χ2n) is 6.48. The van der Waals surface area contributed by atoms with Crippen molar-refractivity contribution in [1.29, 1.82) is 0 Å². The fraction of sp³-hybridized carbons (Fsp3) is 0.733. The molecule has 7 heteroatoms. The largest absolute Gasteiger partial charge is 0.369 e. The maximum absolute atomic E-state index is 11.2. The van der Waals surface area contributed by atoms with Crippen LogP contribution >= 0.6 is 11.3 Å². The van der Waals surface area contributed by atoms with Gasteiger partial charge in [0, 0.05) is 31.1 Å². The van der Waals surface area contributed by atoms with E-state index in [-0.39, 0.29) is 11.7 Å². The van der Waals surface area contributed by atoms with Crippen molar-refractivity contribution in [2.75, 3.05) is 25.9 Å². The monoisotopic (exact) mass is 344 g/mol. The number of hydrogen-bond donors (Lipinski definition) is 1. The molecule has 22 heavy (non-hydrogen) atoms. The maximum Gasteiger partial charge on any atom is 0.208 e. The molecular weight excluding hydrogens is 320 g/mol. The molecule has 0 unspecified atom stereocenters. The minimum atomic E-state index is -3.14. The van der Waals surface area contributed by atoms with Gasteiger partial charge in [-0.25, -0.2) is 13.1 Å². The third kappa shape index (κ3) is 4.29. The first kappa shape index (κ1) is 16.4. The SMILES string of the molecule is CS(=O)(=O)NC[C@H]1CCC[C@]2(CCN(Cc3cccs3)C2)O1. The van der Waals surface area contributed by atoms with E-state index in [0.717, 1.165) is 45.3 Å². The lowest BCUT2D eigenvalue weighted by Crippen LogP contribution is -2.46. The average Bonchev–Trinajstić information content (AvgIpc) is 3.08. The number of hydrogen-bond acceptors (Lipinski definition) is 5. The predicted octanol–water partition coefficient (Wildman–Crippen LogP) is 1.81. The van der Waals surface area contributed by atoms with Crippen LogP contribution in [0.5, 0.6) is 0 Å². The van der Waals surface area contributed by atoms with E-state index in [0.29, 0.717) is 6.54 Å². The van der Waals surface area contributed by atoms with Gasteiger partial charge < -0.3 is 4.74 Å². The molecule has 124 valence electrons. The maximum atomic E-state index is 11.2. The molecule has 0 radical (unpaired) electrons. The summed E-state index contributed by atoms with van der Waals surface area (Å²) in [5.41, 5.74) is -0.0701. The Hall–Kier alpha value is -0.470. The lowest BCUT2D eigenvalue weighted by molar-refractivity contribution is -0.118. The van der Waals surface area contributed by atoms with Gasteiger partial charge >= 0.3 is 0 Å². The van der Waals surface area contributed by atoms with Crippen LogP contribution in [0, 0.1) is 0 Å². The Morgan fingerprint density at radius 3 is 3.09 bits per heavy atom. The quantitative estimate of drug-likeness (QED) is 0.885. The molecule has 0 aromatic carbocycles. The van der Waals surface area contributed by atoms with Crippen molar-refractivity contribution in [3.05, 3.63) is 22.4 Å². The van der Waals surface area contributed by atoms with Crippen LogP contribution in [-0.4, -0.2) is 50.9 Å². The minimum absolute atomic E-state index is 0.00478. The first-order valence-electron chi connectivity index (χ1n) is 7.81. The van der Waals surface area contributed by atoms with Gasteiger partial charge in [0.25, 0.3) is 0 Å². The molecule has 2 aliphatic rings. The Labute approximate surface area is 136 Å². The topological polar surface area (TPSA) is 58.6 Å². The molecule has 3 heterocycles. The summed E-state index contributed by atoms with van der Waals surface area (Å²) in [5, 5.41) is 2.12. The van der Waals surface area contributed by atoms with E-state index in [1.165, 1.54) is 11.1 Å². The van der Waals surface area contributed by atoms with Gasteiger partial charge in [0.05, 0.1) is 18.0 Å². The highest BCUT2D eigenvalue weighted by Gasteiger charge is 2.42. The molecule has 1 N–H and O–H groups in total. The van der Waals surface area contributed by atoms with Gasteiger partial charge in [-0.15, -0.1) is 11.3 Å². The summed E-state index contributed by atoms with van der Waals surface area (Å²) in [4.78, 5) is 3.85. The Bertz CT molecular complexity index is 588. The molecule has 0 saturated carbocycles. The van der Waals surface area contributed by atoms with Crippen LogP contribution in [0.1, 0.15) is 30.6 Å². The van der Waals surface area contributed by atoms with Crippen molar-refractivity contribution in [1.82, 2.24) is 9.62 Å². The zero-order chi connectivity index (χ0) is 15.6. The summed E-state index contributed by atoms with van der Waals surface area (Å²) in [6.07, 6.45) is 5.39. The molecular formula is C15H24N2O3S2. The van der Waals surface area contributed by atoms with Gasteiger partial charge in [-0.05, 0) is 37.1 Å². The number of nitrogens with one attached hydrogen (secondary N) is 1. The molecule has 1 aromatic heterocycles. The third-order valence-corrected chi connectivity index (χ3v) is 6.06. The van der Waals surface area contributed by atoms with Crippen molar-refractivity contribution in [3.8, 4) is 0 Å². The van der Waals surface area contributed by atoms with Gasteiger partial charge in [0.15, 0.2) is 0 Å². The van der Waals surface area contributed by atoms with Gasteiger partial charge in [0.1, 0.15) is 0 Å². The number of rotatable bonds is 5. The van der Waals surface area contributed by atoms with Crippen molar-refractivity contribution < 1.29 is 13.2 Å². The number of nitrogens with zero attached hydrogens (tertiary/aromatic N) is 1. The van der Waals surface area contributed by atoms with Gasteiger partial charge in [-0.1, -0.05) is 6.07 Å². The molecule has 1 spiro atoms. The van der Waals surface area contributed by atoms with Crippen LogP contribution in [0.25, 0.3) is 0 Å². The molecule has 2 saturated heterocycles. The van der Waals surface area contributed by atoms with Crippen LogP contribution in [0.4, 0.5) is 0 Å². The van der Waals surface area contributed by atoms with Crippen molar-refractivity contribution >= 4 is 21.4 Å². The summed E-state index contributed by atoms with van der Waals surface area (Å²) in [6.45, 7) is 3.41. The Balaban J connectivity index is 1.55. The summed E-state index contributed by atoms with van der Waals surface area (Å²) in [6, 6.07) is 4.27. The van der Waals surface area contributed by atoms with E-state index >= 15 is 0 Å². The Kier molecular flexibility index (Phi) is 4.89. The smallest absolute Gasteiger partial charge is 0.208 e.